The van der Waals surface area contributed by atoms with Crippen molar-refractivity contribution >= 4 is 11.6 Å². The number of aromatic nitrogens is 1. The lowest BCUT2D eigenvalue weighted by Gasteiger charge is -2.13. The lowest BCUT2D eigenvalue weighted by atomic mass is 10.1. The number of pyridine rings is 1. The molecule has 2 rings (SSSR count). The van der Waals surface area contributed by atoms with Crippen LogP contribution in [0.3, 0.4) is 0 Å². The van der Waals surface area contributed by atoms with E-state index in [0.29, 0.717) is 11.2 Å². The molecule has 1 atom stereocenters. The Balaban J connectivity index is 1.80. The van der Waals surface area contributed by atoms with Gasteiger partial charge in [-0.2, -0.15) is 0 Å². The number of nitrogens with zero attached hydrogens (tertiary/aromatic N) is 1. The smallest absolute Gasteiger partial charge is 0.129 e. The van der Waals surface area contributed by atoms with Crippen LogP contribution in [-0.2, 0) is 0 Å². The van der Waals surface area contributed by atoms with Gasteiger partial charge in [0, 0.05) is 12.2 Å². The molecular formula is C12H17ClN2. The second kappa shape index (κ2) is 4.95. The van der Waals surface area contributed by atoms with Gasteiger partial charge in [0.25, 0.3) is 0 Å². The number of hydrogen-bond donors (Lipinski definition) is 1. The van der Waals surface area contributed by atoms with E-state index in [1.807, 2.05) is 12.1 Å². The van der Waals surface area contributed by atoms with E-state index in [1.165, 1.54) is 24.8 Å². The van der Waals surface area contributed by atoms with Crippen LogP contribution in [0.2, 0.25) is 5.15 Å². The molecule has 82 valence electrons. The maximum Gasteiger partial charge on any atom is 0.129 e. The number of rotatable bonds is 5. The van der Waals surface area contributed by atoms with E-state index in [9.17, 15) is 0 Å². The first-order chi connectivity index (χ1) is 7.25. The van der Waals surface area contributed by atoms with E-state index in [2.05, 4.69) is 17.2 Å². The molecule has 0 aliphatic heterocycles. The molecule has 1 aliphatic rings. The SMILES string of the molecule is CC(NCCC1CC1)c1ccnc(Cl)c1. The monoisotopic (exact) mass is 224 g/mol. The molecule has 0 amide bonds. The van der Waals surface area contributed by atoms with Gasteiger partial charge in [-0.1, -0.05) is 24.4 Å². The van der Waals surface area contributed by atoms with Crippen molar-refractivity contribution in [2.75, 3.05) is 6.54 Å². The van der Waals surface area contributed by atoms with Gasteiger partial charge in [0.1, 0.15) is 5.15 Å². The van der Waals surface area contributed by atoms with E-state index in [0.717, 1.165) is 12.5 Å². The molecule has 1 unspecified atom stereocenters. The number of hydrogen-bond acceptors (Lipinski definition) is 2. The fraction of sp³-hybridized carbons (Fsp3) is 0.583. The highest BCUT2D eigenvalue weighted by Crippen LogP contribution is 2.31. The molecule has 0 saturated heterocycles. The molecule has 1 aromatic heterocycles. The molecule has 1 aliphatic carbocycles. The van der Waals surface area contributed by atoms with E-state index in [-0.39, 0.29) is 0 Å². The summed E-state index contributed by atoms with van der Waals surface area (Å²) in [4.78, 5) is 3.98. The van der Waals surface area contributed by atoms with Gasteiger partial charge in [0.2, 0.25) is 0 Å². The van der Waals surface area contributed by atoms with Gasteiger partial charge in [0.05, 0.1) is 0 Å². The summed E-state index contributed by atoms with van der Waals surface area (Å²) in [7, 11) is 0. The average Bonchev–Trinajstić information content (AvgIpc) is 3.01. The largest absolute Gasteiger partial charge is 0.310 e. The molecule has 15 heavy (non-hydrogen) atoms. The first kappa shape index (κ1) is 10.9. The summed E-state index contributed by atoms with van der Waals surface area (Å²) in [6.45, 7) is 3.27. The molecule has 1 aromatic rings. The normalized spacial score (nSPS) is 17.7. The Kier molecular flexibility index (Phi) is 3.60. The van der Waals surface area contributed by atoms with Gasteiger partial charge in [-0.3, -0.25) is 0 Å². The standard InChI is InChI=1S/C12H17ClN2/c1-9(14-6-4-10-2-3-10)11-5-7-15-12(13)8-11/h5,7-10,14H,2-4,6H2,1H3. The van der Waals surface area contributed by atoms with Gasteiger partial charge in [-0.15, -0.1) is 0 Å². The minimum atomic E-state index is 0.365. The second-order valence-electron chi connectivity index (χ2n) is 4.32. The second-order valence-corrected chi connectivity index (χ2v) is 4.71. The highest BCUT2D eigenvalue weighted by atomic mass is 35.5. The zero-order chi connectivity index (χ0) is 10.7. The summed E-state index contributed by atoms with van der Waals surface area (Å²) < 4.78 is 0. The molecular weight excluding hydrogens is 208 g/mol. The fourth-order valence-electron chi connectivity index (χ4n) is 1.72. The molecule has 1 saturated carbocycles. The van der Waals surface area contributed by atoms with Gasteiger partial charge >= 0.3 is 0 Å². The van der Waals surface area contributed by atoms with E-state index < -0.39 is 0 Å². The average molecular weight is 225 g/mol. The third-order valence-corrected chi connectivity index (χ3v) is 3.16. The first-order valence-electron chi connectivity index (χ1n) is 5.60. The van der Waals surface area contributed by atoms with Crippen molar-refractivity contribution in [3.63, 3.8) is 0 Å². The highest BCUT2D eigenvalue weighted by Gasteiger charge is 2.20. The van der Waals surface area contributed by atoms with Gasteiger partial charge < -0.3 is 5.32 Å². The molecule has 0 bridgehead atoms. The lowest BCUT2D eigenvalue weighted by molar-refractivity contribution is 0.539. The van der Waals surface area contributed by atoms with Crippen LogP contribution in [0.5, 0.6) is 0 Å². The van der Waals surface area contributed by atoms with Crippen molar-refractivity contribution in [3.05, 3.63) is 29.0 Å². The van der Waals surface area contributed by atoms with E-state index >= 15 is 0 Å². The van der Waals surface area contributed by atoms with Crippen molar-refractivity contribution < 1.29 is 0 Å². The summed E-state index contributed by atoms with van der Waals surface area (Å²) in [6.07, 6.45) is 5.92. The summed E-state index contributed by atoms with van der Waals surface area (Å²) in [5.74, 6) is 0.991. The predicted octanol–water partition coefficient (Wildman–Crippen LogP) is 3.19. The topological polar surface area (TPSA) is 24.9 Å². The number of nitrogens with one attached hydrogen (secondary N) is 1. The van der Waals surface area contributed by atoms with Crippen LogP contribution in [0.25, 0.3) is 0 Å². The Labute approximate surface area is 96.1 Å². The Morgan fingerprint density at radius 3 is 3.07 bits per heavy atom. The predicted molar refractivity (Wildman–Crippen MR) is 63.0 cm³/mol. The third-order valence-electron chi connectivity index (χ3n) is 2.95. The van der Waals surface area contributed by atoms with Crippen LogP contribution in [0, 0.1) is 5.92 Å². The Bertz CT molecular complexity index is 323. The van der Waals surface area contributed by atoms with Gasteiger partial charge in [-0.25, -0.2) is 4.98 Å². The van der Waals surface area contributed by atoms with Crippen LogP contribution >= 0.6 is 11.6 Å². The molecule has 0 radical (unpaired) electrons. The molecule has 2 nitrogen and oxygen atoms in total. The molecule has 0 spiro atoms. The molecule has 3 heteroatoms. The maximum absolute atomic E-state index is 5.84. The minimum absolute atomic E-state index is 0.365. The minimum Gasteiger partial charge on any atom is -0.310 e. The quantitative estimate of drug-likeness (QED) is 0.778. The zero-order valence-electron chi connectivity index (χ0n) is 9.04. The van der Waals surface area contributed by atoms with Crippen LogP contribution < -0.4 is 5.32 Å². The molecule has 1 fully saturated rings. The van der Waals surface area contributed by atoms with Crippen molar-refractivity contribution in [1.29, 1.82) is 0 Å². The van der Waals surface area contributed by atoms with Crippen molar-refractivity contribution in [2.24, 2.45) is 5.92 Å². The van der Waals surface area contributed by atoms with Crippen LogP contribution in [0.1, 0.15) is 37.8 Å². The Morgan fingerprint density at radius 2 is 2.40 bits per heavy atom. The van der Waals surface area contributed by atoms with Crippen LogP contribution in [0.4, 0.5) is 0 Å². The van der Waals surface area contributed by atoms with Crippen LogP contribution in [-0.4, -0.2) is 11.5 Å². The molecule has 0 aromatic carbocycles. The molecule has 1 N–H and O–H groups in total. The molecule has 1 heterocycles. The summed E-state index contributed by atoms with van der Waals surface area (Å²) in [5.41, 5.74) is 1.21. The zero-order valence-corrected chi connectivity index (χ0v) is 9.80. The third kappa shape index (κ3) is 3.47. The van der Waals surface area contributed by atoms with Crippen LogP contribution in [0.15, 0.2) is 18.3 Å². The lowest BCUT2D eigenvalue weighted by Crippen LogP contribution is -2.20. The van der Waals surface area contributed by atoms with Crippen molar-refractivity contribution in [3.8, 4) is 0 Å². The van der Waals surface area contributed by atoms with E-state index in [1.54, 1.807) is 6.20 Å². The summed E-state index contributed by atoms with van der Waals surface area (Å²) in [5, 5.41) is 4.08. The maximum atomic E-state index is 5.84. The van der Waals surface area contributed by atoms with Gasteiger partial charge in [-0.05, 0) is 43.5 Å². The van der Waals surface area contributed by atoms with Crippen molar-refractivity contribution in [1.82, 2.24) is 10.3 Å². The first-order valence-corrected chi connectivity index (χ1v) is 5.98. The van der Waals surface area contributed by atoms with Crippen molar-refractivity contribution in [2.45, 2.75) is 32.2 Å². The number of halogens is 1. The Morgan fingerprint density at radius 1 is 1.60 bits per heavy atom. The Hall–Kier alpha value is -0.600. The van der Waals surface area contributed by atoms with Gasteiger partial charge in [0.15, 0.2) is 0 Å². The van der Waals surface area contributed by atoms with E-state index in [4.69, 9.17) is 11.6 Å². The fourth-order valence-corrected chi connectivity index (χ4v) is 1.90. The highest BCUT2D eigenvalue weighted by molar-refractivity contribution is 6.29. The summed E-state index contributed by atoms with van der Waals surface area (Å²) in [6, 6.07) is 4.31. The summed E-state index contributed by atoms with van der Waals surface area (Å²) >= 11 is 5.84.